The summed E-state index contributed by atoms with van der Waals surface area (Å²) in [6.07, 6.45) is 2.71. The maximum Gasteiger partial charge on any atom is 0.115 e. The van der Waals surface area contributed by atoms with E-state index in [0.717, 1.165) is 10.4 Å². The Morgan fingerprint density at radius 2 is 2.21 bits per heavy atom. The Balaban J connectivity index is 2.29. The zero-order valence-electron chi connectivity index (χ0n) is 7.22. The van der Waals surface area contributed by atoms with Crippen molar-refractivity contribution >= 4 is 22.9 Å². The fourth-order valence-electron chi connectivity index (χ4n) is 1.18. The smallest absolute Gasteiger partial charge is 0.115 e. The lowest BCUT2D eigenvalue weighted by Crippen LogP contribution is -1.96. The van der Waals surface area contributed by atoms with Gasteiger partial charge in [0.1, 0.15) is 6.10 Å². The second kappa shape index (κ2) is 4.09. The van der Waals surface area contributed by atoms with Gasteiger partial charge in [-0.05, 0) is 18.2 Å². The summed E-state index contributed by atoms with van der Waals surface area (Å²) in [5, 5.41) is 9.92. The van der Waals surface area contributed by atoms with Crippen molar-refractivity contribution < 1.29 is 5.11 Å². The number of rotatable bonds is 2. The van der Waals surface area contributed by atoms with Crippen molar-refractivity contribution in [1.29, 1.82) is 0 Å². The Morgan fingerprint density at radius 1 is 1.36 bits per heavy atom. The lowest BCUT2D eigenvalue weighted by molar-refractivity contribution is 0.224. The third-order valence-corrected chi connectivity index (χ3v) is 3.15. The number of halogens is 1. The summed E-state index contributed by atoms with van der Waals surface area (Å²) in [5.41, 5.74) is 0.783. The van der Waals surface area contributed by atoms with Crippen molar-refractivity contribution in [2.24, 2.45) is 0 Å². The van der Waals surface area contributed by atoms with Crippen LogP contribution in [-0.4, -0.2) is 10.1 Å². The lowest BCUT2D eigenvalue weighted by atomic mass is 10.1. The molecule has 2 nitrogen and oxygen atoms in total. The molecule has 0 saturated heterocycles. The third-order valence-electron chi connectivity index (χ3n) is 1.86. The number of pyridine rings is 1. The molecule has 1 N–H and O–H groups in total. The molecule has 0 radical (unpaired) electrons. The van der Waals surface area contributed by atoms with Crippen molar-refractivity contribution in [3.8, 4) is 0 Å². The summed E-state index contributed by atoms with van der Waals surface area (Å²) in [6, 6.07) is 7.24. The maximum atomic E-state index is 9.92. The van der Waals surface area contributed by atoms with Gasteiger partial charge in [0.25, 0.3) is 0 Å². The number of thiophene rings is 1. The van der Waals surface area contributed by atoms with E-state index in [1.807, 2.05) is 12.1 Å². The Kier molecular flexibility index (Phi) is 2.82. The van der Waals surface area contributed by atoms with Crippen LogP contribution in [0.3, 0.4) is 0 Å². The molecule has 0 spiro atoms. The SMILES string of the molecule is OC(c1cccnc1)c1ccc(Cl)s1. The molecule has 2 rings (SSSR count). The van der Waals surface area contributed by atoms with E-state index in [0.29, 0.717) is 4.34 Å². The van der Waals surface area contributed by atoms with Crippen LogP contribution in [0.1, 0.15) is 16.5 Å². The highest BCUT2D eigenvalue weighted by Gasteiger charge is 2.12. The van der Waals surface area contributed by atoms with Gasteiger partial charge in [0.15, 0.2) is 0 Å². The van der Waals surface area contributed by atoms with E-state index in [2.05, 4.69) is 4.98 Å². The predicted octanol–water partition coefficient (Wildman–Crippen LogP) is 2.88. The maximum absolute atomic E-state index is 9.92. The lowest BCUT2D eigenvalue weighted by Gasteiger charge is -2.06. The van der Waals surface area contributed by atoms with Gasteiger partial charge in [0.05, 0.1) is 4.34 Å². The summed E-state index contributed by atoms with van der Waals surface area (Å²) in [5.74, 6) is 0. The molecule has 72 valence electrons. The zero-order valence-corrected chi connectivity index (χ0v) is 8.79. The van der Waals surface area contributed by atoms with Gasteiger partial charge in [-0.25, -0.2) is 0 Å². The van der Waals surface area contributed by atoms with Crippen molar-refractivity contribution in [1.82, 2.24) is 4.98 Å². The largest absolute Gasteiger partial charge is 0.383 e. The molecule has 0 fully saturated rings. The van der Waals surface area contributed by atoms with Gasteiger partial charge in [0, 0.05) is 22.8 Å². The molecule has 14 heavy (non-hydrogen) atoms. The predicted molar refractivity (Wildman–Crippen MR) is 57.6 cm³/mol. The topological polar surface area (TPSA) is 33.1 Å². The first-order chi connectivity index (χ1) is 6.77. The van der Waals surface area contributed by atoms with E-state index < -0.39 is 6.10 Å². The minimum atomic E-state index is -0.624. The van der Waals surface area contributed by atoms with Crippen LogP contribution < -0.4 is 0 Å². The number of hydrogen-bond acceptors (Lipinski definition) is 3. The standard InChI is InChI=1S/C10H8ClNOS/c11-9-4-3-8(14-9)10(13)7-2-1-5-12-6-7/h1-6,10,13H. The average Bonchev–Trinajstić information content (AvgIpc) is 2.65. The minimum absolute atomic E-state index is 0.624. The molecule has 0 aliphatic heterocycles. The first-order valence-electron chi connectivity index (χ1n) is 4.10. The number of aromatic nitrogens is 1. The van der Waals surface area contributed by atoms with E-state index in [9.17, 15) is 5.11 Å². The Hall–Kier alpha value is -0.900. The minimum Gasteiger partial charge on any atom is -0.383 e. The fraction of sp³-hybridized carbons (Fsp3) is 0.100. The quantitative estimate of drug-likeness (QED) is 0.853. The molecule has 2 aromatic rings. The van der Waals surface area contributed by atoms with E-state index in [1.165, 1.54) is 11.3 Å². The van der Waals surface area contributed by atoms with Crippen molar-refractivity contribution in [2.45, 2.75) is 6.10 Å². The Labute approximate surface area is 90.8 Å². The first kappa shape index (κ1) is 9.65. The second-order valence-electron chi connectivity index (χ2n) is 2.83. The van der Waals surface area contributed by atoms with E-state index in [4.69, 9.17) is 11.6 Å². The highest BCUT2D eigenvalue weighted by molar-refractivity contribution is 7.16. The van der Waals surface area contributed by atoms with Crippen LogP contribution in [-0.2, 0) is 0 Å². The van der Waals surface area contributed by atoms with Gasteiger partial charge in [-0.1, -0.05) is 17.7 Å². The molecular formula is C10H8ClNOS. The summed E-state index contributed by atoms with van der Waals surface area (Å²) >= 11 is 7.16. The Bertz CT molecular complexity index is 415. The molecular weight excluding hydrogens is 218 g/mol. The van der Waals surface area contributed by atoms with Crippen LogP contribution in [0, 0.1) is 0 Å². The summed E-state index contributed by atoms with van der Waals surface area (Å²) < 4.78 is 0.683. The molecule has 2 heterocycles. The number of hydrogen-bond donors (Lipinski definition) is 1. The van der Waals surface area contributed by atoms with Gasteiger partial charge >= 0.3 is 0 Å². The van der Waals surface area contributed by atoms with E-state index >= 15 is 0 Å². The summed E-state index contributed by atoms with van der Waals surface area (Å²) in [7, 11) is 0. The van der Waals surface area contributed by atoms with Gasteiger partial charge < -0.3 is 5.11 Å². The van der Waals surface area contributed by atoms with Crippen LogP contribution in [0.4, 0.5) is 0 Å². The van der Waals surface area contributed by atoms with Crippen molar-refractivity contribution in [3.05, 3.63) is 51.4 Å². The molecule has 1 atom stereocenters. The van der Waals surface area contributed by atoms with E-state index in [1.54, 1.807) is 24.5 Å². The average molecular weight is 226 g/mol. The number of aliphatic hydroxyl groups is 1. The van der Waals surface area contributed by atoms with Crippen LogP contribution in [0.25, 0.3) is 0 Å². The summed E-state index contributed by atoms with van der Waals surface area (Å²) in [4.78, 5) is 4.79. The van der Waals surface area contributed by atoms with E-state index in [-0.39, 0.29) is 0 Å². The zero-order chi connectivity index (χ0) is 9.97. The monoisotopic (exact) mass is 225 g/mol. The fourth-order valence-corrected chi connectivity index (χ4v) is 2.25. The van der Waals surface area contributed by atoms with Crippen LogP contribution in [0.5, 0.6) is 0 Å². The molecule has 0 aliphatic carbocycles. The van der Waals surface area contributed by atoms with Crippen molar-refractivity contribution in [2.75, 3.05) is 0 Å². The first-order valence-corrected chi connectivity index (χ1v) is 5.30. The molecule has 0 saturated carbocycles. The number of nitrogens with zero attached hydrogens (tertiary/aromatic N) is 1. The molecule has 0 aliphatic rings. The highest BCUT2D eigenvalue weighted by atomic mass is 35.5. The molecule has 0 amide bonds. The molecule has 1 unspecified atom stereocenters. The number of aliphatic hydroxyl groups excluding tert-OH is 1. The second-order valence-corrected chi connectivity index (χ2v) is 4.58. The van der Waals surface area contributed by atoms with Crippen LogP contribution >= 0.6 is 22.9 Å². The normalized spacial score (nSPS) is 12.7. The van der Waals surface area contributed by atoms with Crippen LogP contribution in [0.2, 0.25) is 4.34 Å². The van der Waals surface area contributed by atoms with Crippen molar-refractivity contribution in [3.63, 3.8) is 0 Å². The molecule has 0 aromatic carbocycles. The van der Waals surface area contributed by atoms with Gasteiger partial charge in [0.2, 0.25) is 0 Å². The summed E-state index contributed by atoms with van der Waals surface area (Å²) in [6.45, 7) is 0. The third kappa shape index (κ3) is 1.95. The molecule has 0 bridgehead atoms. The van der Waals surface area contributed by atoms with Crippen LogP contribution in [0.15, 0.2) is 36.7 Å². The highest BCUT2D eigenvalue weighted by Crippen LogP contribution is 2.30. The molecule has 4 heteroatoms. The Morgan fingerprint density at radius 3 is 2.79 bits per heavy atom. The molecule has 2 aromatic heterocycles. The van der Waals surface area contributed by atoms with Gasteiger partial charge in [-0.2, -0.15) is 0 Å². The van der Waals surface area contributed by atoms with Gasteiger partial charge in [-0.15, -0.1) is 11.3 Å². The van der Waals surface area contributed by atoms with Gasteiger partial charge in [-0.3, -0.25) is 4.98 Å².